The van der Waals surface area contributed by atoms with Gasteiger partial charge >= 0.3 is 0 Å². The van der Waals surface area contributed by atoms with E-state index in [1.165, 1.54) is 5.56 Å². The lowest BCUT2D eigenvalue weighted by atomic mass is 9.87. The van der Waals surface area contributed by atoms with E-state index in [4.69, 9.17) is 0 Å². The Hall–Kier alpha value is -1.94. The summed E-state index contributed by atoms with van der Waals surface area (Å²) < 4.78 is 0. The molecule has 0 fully saturated rings. The second-order valence-corrected chi connectivity index (χ2v) is 6.36. The summed E-state index contributed by atoms with van der Waals surface area (Å²) in [6.45, 7) is 6.44. The van der Waals surface area contributed by atoms with E-state index in [9.17, 15) is 4.79 Å². The summed E-state index contributed by atoms with van der Waals surface area (Å²) in [6.07, 6.45) is 1.64. The van der Waals surface area contributed by atoms with E-state index in [0.717, 1.165) is 5.56 Å². The minimum absolute atomic E-state index is 0.0894. The predicted octanol–water partition coefficient (Wildman–Crippen LogP) is 3.81. The number of hydrogen-bond acceptors (Lipinski definition) is 3. The van der Waals surface area contributed by atoms with Crippen molar-refractivity contribution < 1.29 is 4.79 Å². The topological polar surface area (TPSA) is 41.5 Å². The lowest BCUT2D eigenvalue weighted by Gasteiger charge is -2.18. The maximum absolute atomic E-state index is 11.9. The number of carbonyl (C=O) groups excluding carboxylic acids is 1. The molecule has 0 spiro atoms. The standard InChI is InChI=1S/C16H18N2OS/c1-16(2,3)14-6-4-13(5-7-14)15(19)18-17-10-12-8-9-20-11-12/h4-11H,1-3H3,(H,18,19)/b17-10-. The van der Waals surface area contributed by atoms with Crippen LogP contribution in [0.1, 0.15) is 42.3 Å². The highest BCUT2D eigenvalue weighted by Gasteiger charge is 2.13. The lowest BCUT2D eigenvalue weighted by Crippen LogP contribution is -2.18. The minimum Gasteiger partial charge on any atom is -0.267 e. The highest BCUT2D eigenvalue weighted by molar-refractivity contribution is 7.08. The molecule has 4 heteroatoms. The van der Waals surface area contributed by atoms with Crippen molar-refractivity contribution in [3.8, 4) is 0 Å². The van der Waals surface area contributed by atoms with Gasteiger partial charge in [-0.1, -0.05) is 32.9 Å². The van der Waals surface area contributed by atoms with Gasteiger partial charge in [0.15, 0.2) is 0 Å². The maximum Gasteiger partial charge on any atom is 0.271 e. The lowest BCUT2D eigenvalue weighted by molar-refractivity contribution is 0.0955. The Balaban J connectivity index is 1.99. The molecule has 0 unspecified atom stereocenters. The minimum atomic E-state index is -0.197. The highest BCUT2D eigenvalue weighted by atomic mass is 32.1. The molecule has 0 saturated carbocycles. The number of rotatable bonds is 3. The van der Waals surface area contributed by atoms with Crippen LogP contribution in [-0.2, 0) is 5.41 Å². The van der Waals surface area contributed by atoms with Crippen molar-refractivity contribution >= 4 is 23.5 Å². The van der Waals surface area contributed by atoms with Crippen LogP contribution >= 0.6 is 11.3 Å². The van der Waals surface area contributed by atoms with Gasteiger partial charge in [-0.15, -0.1) is 0 Å². The zero-order valence-electron chi connectivity index (χ0n) is 11.9. The predicted molar refractivity (Wildman–Crippen MR) is 84.5 cm³/mol. The van der Waals surface area contributed by atoms with E-state index in [1.54, 1.807) is 17.6 Å². The van der Waals surface area contributed by atoms with Crippen LogP contribution in [0.3, 0.4) is 0 Å². The van der Waals surface area contributed by atoms with E-state index < -0.39 is 0 Å². The van der Waals surface area contributed by atoms with Gasteiger partial charge in [0.05, 0.1) is 6.21 Å². The first-order chi connectivity index (χ1) is 9.47. The maximum atomic E-state index is 11.9. The smallest absolute Gasteiger partial charge is 0.267 e. The summed E-state index contributed by atoms with van der Waals surface area (Å²) >= 11 is 1.59. The van der Waals surface area contributed by atoms with E-state index >= 15 is 0 Å². The number of nitrogens with zero attached hydrogens (tertiary/aromatic N) is 1. The number of amides is 1. The fourth-order valence-electron chi connectivity index (χ4n) is 1.70. The van der Waals surface area contributed by atoms with Gasteiger partial charge in [0.25, 0.3) is 5.91 Å². The van der Waals surface area contributed by atoms with Crippen molar-refractivity contribution in [3.63, 3.8) is 0 Å². The van der Waals surface area contributed by atoms with Gasteiger partial charge in [-0.2, -0.15) is 16.4 Å². The van der Waals surface area contributed by atoms with Crippen LogP contribution in [0.5, 0.6) is 0 Å². The van der Waals surface area contributed by atoms with E-state index in [-0.39, 0.29) is 11.3 Å². The van der Waals surface area contributed by atoms with Crippen LogP contribution < -0.4 is 5.43 Å². The van der Waals surface area contributed by atoms with E-state index in [2.05, 4.69) is 31.3 Å². The molecule has 0 aliphatic carbocycles. The summed E-state index contributed by atoms with van der Waals surface area (Å²) in [5, 5.41) is 7.88. The van der Waals surface area contributed by atoms with Crippen LogP contribution in [0.4, 0.5) is 0 Å². The quantitative estimate of drug-likeness (QED) is 0.676. The Morgan fingerprint density at radius 1 is 1.20 bits per heavy atom. The fraction of sp³-hybridized carbons (Fsp3) is 0.250. The van der Waals surface area contributed by atoms with Crippen molar-refractivity contribution in [2.75, 3.05) is 0 Å². The Morgan fingerprint density at radius 2 is 1.90 bits per heavy atom. The van der Waals surface area contributed by atoms with Gasteiger partial charge < -0.3 is 0 Å². The SMILES string of the molecule is CC(C)(C)c1ccc(C(=O)N/N=C\c2ccsc2)cc1. The molecule has 1 N–H and O–H groups in total. The number of carbonyl (C=O) groups is 1. The van der Waals surface area contributed by atoms with Gasteiger partial charge in [0.1, 0.15) is 0 Å². The van der Waals surface area contributed by atoms with Crippen molar-refractivity contribution in [1.82, 2.24) is 5.43 Å². The van der Waals surface area contributed by atoms with Crippen LogP contribution in [-0.4, -0.2) is 12.1 Å². The normalized spacial score (nSPS) is 11.8. The summed E-state index contributed by atoms with van der Waals surface area (Å²) in [5.74, 6) is -0.197. The third-order valence-electron chi connectivity index (χ3n) is 2.94. The molecule has 2 rings (SSSR count). The number of benzene rings is 1. The second kappa shape index (κ2) is 6.01. The number of hydrazone groups is 1. The van der Waals surface area contributed by atoms with Crippen LogP contribution in [0.15, 0.2) is 46.2 Å². The molecule has 0 saturated heterocycles. The molecule has 3 nitrogen and oxygen atoms in total. The van der Waals surface area contributed by atoms with Crippen molar-refractivity contribution in [2.45, 2.75) is 26.2 Å². The first-order valence-electron chi connectivity index (χ1n) is 6.43. The van der Waals surface area contributed by atoms with Gasteiger partial charge in [0, 0.05) is 11.1 Å². The molecule has 1 aromatic carbocycles. The number of thiophene rings is 1. The van der Waals surface area contributed by atoms with E-state index in [1.807, 2.05) is 41.1 Å². The summed E-state index contributed by atoms with van der Waals surface area (Å²) in [4.78, 5) is 11.9. The third-order valence-corrected chi connectivity index (χ3v) is 3.64. The second-order valence-electron chi connectivity index (χ2n) is 5.58. The Kier molecular flexibility index (Phi) is 4.35. The third kappa shape index (κ3) is 3.78. The monoisotopic (exact) mass is 286 g/mol. The molecular weight excluding hydrogens is 268 g/mol. The van der Waals surface area contributed by atoms with Gasteiger partial charge in [0.2, 0.25) is 0 Å². The Labute approximate surface area is 123 Å². The molecule has 1 amide bonds. The molecule has 1 aromatic heterocycles. The zero-order valence-corrected chi connectivity index (χ0v) is 12.7. The average molecular weight is 286 g/mol. The van der Waals surface area contributed by atoms with Crippen molar-refractivity contribution in [2.24, 2.45) is 5.10 Å². The molecule has 0 atom stereocenters. The van der Waals surface area contributed by atoms with E-state index in [0.29, 0.717) is 5.56 Å². The van der Waals surface area contributed by atoms with Gasteiger partial charge in [-0.05, 0) is 39.9 Å². The Morgan fingerprint density at radius 3 is 2.45 bits per heavy atom. The summed E-state index contributed by atoms with van der Waals surface area (Å²) in [5.41, 5.74) is 5.42. The first kappa shape index (κ1) is 14.5. The molecule has 2 aromatic rings. The van der Waals surface area contributed by atoms with Crippen LogP contribution in [0.2, 0.25) is 0 Å². The largest absolute Gasteiger partial charge is 0.271 e. The molecule has 0 aliphatic rings. The summed E-state index contributed by atoms with van der Waals surface area (Å²) in [7, 11) is 0. The fourth-order valence-corrected chi connectivity index (χ4v) is 2.31. The summed E-state index contributed by atoms with van der Waals surface area (Å²) in [6, 6.07) is 9.57. The van der Waals surface area contributed by atoms with Crippen LogP contribution in [0, 0.1) is 0 Å². The van der Waals surface area contributed by atoms with Crippen molar-refractivity contribution in [1.29, 1.82) is 0 Å². The molecule has 104 valence electrons. The van der Waals surface area contributed by atoms with Gasteiger partial charge in [-0.3, -0.25) is 4.79 Å². The molecule has 0 radical (unpaired) electrons. The van der Waals surface area contributed by atoms with Gasteiger partial charge in [-0.25, -0.2) is 5.43 Å². The average Bonchev–Trinajstić information content (AvgIpc) is 2.91. The molecular formula is C16H18N2OS. The van der Waals surface area contributed by atoms with Crippen molar-refractivity contribution in [3.05, 3.63) is 57.8 Å². The zero-order chi connectivity index (χ0) is 14.6. The molecule has 0 aliphatic heterocycles. The number of hydrogen-bond donors (Lipinski definition) is 1. The molecule has 1 heterocycles. The Bertz CT molecular complexity index is 592. The van der Waals surface area contributed by atoms with Crippen LogP contribution in [0.25, 0.3) is 0 Å². The highest BCUT2D eigenvalue weighted by Crippen LogP contribution is 2.22. The molecule has 0 bridgehead atoms. The molecule has 20 heavy (non-hydrogen) atoms. The number of nitrogens with one attached hydrogen (secondary N) is 1. The first-order valence-corrected chi connectivity index (χ1v) is 7.37.